The van der Waals surface area contributed by atoms with Crippen molar-refractivity contribution in [2.75, 3.05) is 6.61 Å². The summed E-state index contributed by atoms with van der Waals surface area (Å²) in [6, 6.07) is 8.08. The van der Waals surface area contributed by atoms with Crippen LogP contribution >= 0.6 is 0 Å². The zero-order valence-corrected chi connectivity index (χ0v) is 16.4. The van der Waals surface area contributed by atoms with E-state index in [1.807, 2.05) is 19.9 Å². The predicted octanol–water partition coefficient (Wildman–Crippen LogP) is 4.99. The molecule has 0 saturated carbocycles. The third-order valence-corrected chi connectivity index (χ3v) is 4.79. The van der Waals surface area contributed by atoms with Gasteiger partial charge >= 0.3 is 6.18 Å². The number of benzene rings is 2. The van der Waals surface area contributed by atoms with Gasteiger partial charge in [-0.25, -0.2) is 0 Å². The summed E-state index contributed by atoms with van der Waals surface area (Å²) in [4.78, 5) is 11.8. The maximum absolute atomic E-state index is 14.0. The molecule has 0 radical (unpaired) electrons. The van der Waals surface area contributed by atoms with Crippen LogP contribution in [0.3, 0.4) is 0 Å². The molecule has 1 amide bonds. The number of alkyl halides is 3. The molecule has 1 N–H and O–H groups in total. The molecule has 1 unspecified atom stereocenters. The normalized spacial score (nSPS) is 18.5. The molecule has 0 aromatic heterocycles. The number of hydrazine groups is 1. The maximum atomic E-state index is 14.0. The second-order valence-electron chi connectivity index (χ2n) is 8.31. The minimum absolute atomic E-state index is 0.0176. The molecule has 0 bridgehead atoms. The first-order chi connectivity index (χ1) is 13.0. The van der Waals surface area contributed by atoms with Crippen LogP contribution in [0.25, 0.3) is 10.8 Å². The molecule has 1 aliphatic heterocycles. The van der Waals surface area contributed by atoms with Crippen molar-refractivity contribution in [2.45, 2.75) is 51.9 Å². The van der Waals surface area contributed by atoms with Crippen molar-refractivity contribution in [3.05, 3.63) is 42.0 Å². The topological polar surface area (TPSA) is 41.6 Å². The van der Waals surface area contributed by atoms with Crippen LogP contribution in [0, 0.1) is 5.92 Å². The first-order valence-corrected chi connectivity index (χ1v) is 9.29. The Labute approximate surface area is 162 Å². The molecule has 0 spiro atoms. The quantitative estimate of drug-likeness (QED) is 0.777. The van der Waals surface area contributed by atoms with Gasteiger partial charge in [-0.05, 0) is 54.3 Å². The number of nitrogens with zero attached hydrogens (tertiary/aromatic N) is 1. The summed E-state index contributed by atoms with van der Waals surface area (Å²) in [6.07, 6.45) is -4.52. The van der Waals surface area contributed by atoms with E-state index in [1.54, 1.807) is 32.0 Å². The highest BCUT2D eigenvalue weighted by Crippen LogP contribution is 2.43. The van der Waals surface area contributed by atoms with Crippen molar-refractivity contribution in [2.24, 2.45) is 5.92 Å². The largest absolute Gasteiger partial charge is 0.493 e. The van der Waals surface area contributed by atoms with E-state index in [0.29, 0.717) is 23.7 Å². The first-order valence-electron chi connectivity index (χ1n) is 9.29. The van der Waals surface area contributed by atoms with Gasteiger partial charge in [0.25, 0.3) is 0 Å². The average molecular weight is 394 g/mol. The van der Waals surface area contributed by atoms with E-state index in [1.165, 1.54) is 12.1 Å². The van der Waals surface area contributed by atoms with Crippen molar-refractivity contribution in [3.8, 4) is 5.75 Å². The minimum atomic E-state index is -4.54. The van der Waals surface area contributed by atoms with Crippen LogP contribution in [0.15, 0.2) is 36.4 Å². The summed E-state index contributed by atoms with van der Waals surface area (Å²) in [6.45, 7) is 7.92. The lowest BCUT2D eigenvalue weighted by Gasteiger charge is -2.38. The predicted molar refractivity (Wildman–Crippen MR) is 102 cm³/mol. The van der Waals surface area contributed by atoms with Crippen LogP contribution in [0.2, 0.25) is 0 Å². The summed E-state index contributed by atoms with van der Waals surface area (Å²) in [5, 5.41) is 2.51. The molecule has 4 nitrogen and oxygen atoms in total. The number of ether oxygens (including phenoxy) is 1. The molecule has 1 aliphatic rings. The second-order valence-corrected chi connectivity index (χ2v) is 8.31. The van der Waals surface area contributed by atoms with E-state index < -0.39 is 23.7 Å². The first kappa shape index (κ1) is 20.5. The lowest BCUT2D eigenvalue weighted by Crippen LogP contribution is -2.51. The fourth-order valence-corrected chi connectivity index (χ4v) is 3.47. The Balaban J connectivity index is 1.97. The van der Waals surface area contributed by atoms with Crippen LogP contribution < -0.4 is 10.2 Å². The number of carbonyl (C=O) groups excluding carboxylic acids is 1. The highest BCUT2D eigenvalue weighted by molar-refractivity contribution is 5.85. The Morgan fingerprint density at radius 3 is 2.36 bits per heavy atom. The fraction of sp³-hybridized carbons (Fsp3) is 0.476. The van der Waals surface area contributed by atoms with Gasteiger partial charge in [0.05, 0.1) is 6.61 Å². The number of rotatable bonds is 5. The Hall–Kier alpha value is -2.28. The number of amides is 1. The molecule has 1 atom stereocenters. The molecular formula is C21H25F3N2O2. The fourth-order valence-electron chi connectivity index (χ4n) is 3.47. The van der Waals surface area contributed by atoms with Gasteiger partial charge < -0.3 is 4.74 Å². The number of halogens is 3. The van der Waals surface area contributed by atoms with E-state index in [-0.39, 0.29) is 12.0 Å². The molecule has 0 aliphatic carbocycles. The zero-order chi connectivity index (χ0) is 20.7. The van der Waals surface area contributed by atoms with E-state index in [9.17, 15) is 18.0 Å². The summed E-state index contributed by atoms with van der Waals surface area (Å²) < 4.78 is 47.6. The molecule has 2 aromatic rings. The molecule has 28 heavy (non-hydrogen) atoms. The average Bonchev–Trinajstić information content (AvgIpc) is 2.83. The molecule has 2 aromatic carbocycles. The summed E-state index contributed by atoms with van der Waals surface area (Å²) in [7, 11) is 0. The van der Waals surface area contributed by atoms with Gasteiger partial charge in [0, 0.05) is 12.0 Å². The molecule has 3 rings (SSSR count). The molecular weight excluding hydrogens is 369 g/mol. The van der Waals surface area contributed by atoms with Gasteiger partial charge in [-0.2, -0.15) is 18.2 Å². The molecule has 1 heterocycles. The molecule has 7 heteroatoms. The van der Waals surface area contributed by atoms with Gasteiger partial charge in [-0.1, -0.05) is 32.0 Å². The molecule has 1 saturated heterocycles. The van der Waals surface area contributed by atoms with Crippen molar-refractivity contribution >= 4 is 16.7 Å². The second kappa shape index (κ2) is 7.28. The van der Waals surface area contributed by atoms with E-state index in [2.05, 4.69) is 5.43 Å². The Kier molecular flexibility index (Phi) is 5.32. The lowest BCUT2D eigenvalue weighted by molar-refractivity contribution is -0.203. The monoisotopic (exact) mass is 394 g/mol. The number of nitrogens with one attached hydrogen (secondary N) is 1. The molecule has 1 fully saturated rings. The van der Waals surface area contributed by atoms with Crippen LogP contribution in [-0.4, -0.2) is 29.2 Å². The SMILES string of the molecule is CC(C)COc1ccc2cc(C(N3NC(=O)CC3(C)C)C(F)(F)F)ccc2c1. The van der Waals surface area contributed by atoms with E-state index in [0.717, 1.165) is 10.4 Å². The highest BCUT2D eigenvalue weighted by Gasteiger charge is 2.52. The maximum Gasteiger partial charge on any atom is 0.409 e. The third-order valence-electron chi connectivity index (χ3n) is 4.79. The Morgan fingerprint density at radius 1 is 1.14 bits per heavy atom. The van der Waals surface area contributed by atoms with Crippen molar-refractivity contribution in [1.82, 2.24) is 10.4 Å². The molecule has 152 valence electrons. The van der Waals surface area contributed by atoms with Crippen LogP contribution in [0.4, 0.5) is 13.2 Å². The summed E-state index contributed by atoms with van der Waals surface area (Å²) in [5.41, 5.74) is 1.53. The van der Waals surface area contributed by atoms with E-state index in [4.69, 9.17) is 4.74 Å². The standard InChI is InChI=1S/C21H25F3N2O2/c1-13(2)12-28-17-8-7-14-9-16(6-5-15(14)10-17)19(21(22,23)24)26-20(3,4)11-18(27)25-26/h5-10,13,19H,11-12H2,1-4H3,(H,25,27). The number of carbonyl (C=O) groups is 1. The number of hydrogen-bond acceptors (Lipinski definition) is 3. The van der Waals surface area contributed by atoms with Crippen molar-refractivity contribution < 1.29 is 22.7 Å². The Morgan fingerprint density at radius 2 is 1.79 bits per heavy atom. The van der Waals surface area contributed by atoms with Crippen LogP contribution in [0.5, 0.6) is 5.75 Å². The number of fused-ring (bicyclic) bond motifs is 1. The van der Waals surface area contributed by atoms with Gasteiger partial charge in [-0.3, -0.25) is 10.2 Å². The summed E-state index contributed by atoms with van der Waals surface area (Å²) in [5.74, 6) is 0.658. The third kappa shape index (κ3) is 4.24. The van der Waals surface area contributed by atoms with Crippen LogP contribution in [-0.2, 0) is 4.79 Å². The zero-order valence-electron chi connectivity index (χ0n) is 16.4. The van der Waals surface area contributed by atoms with Gasteiger partial charge in [0.1, 0.15) is 5.75 Å². The highest BCUT2D eigenvalue weighted by atomic mass is 19.4. The number of hydrogen-bond donors (Lipinski definition) is 1. The Bertz CT molecular complexity index is 878. The van der Waals surface area contributed by atoms with Gasteiger partial charge in [0.2, 0.25) is 5.91 Å². The van der Waals surface area contributed by atoms with Crippen molar-refractivity contribution in [3.63, 3.8) is 0 Å². The van der Waals surface area contributed by atoms with E-state index >= 15 is 0 Å². The van der Waals surface area contributed by atoms with Gasteiger partial charge in [-0.15, -0.1) is 0 Å². The van der Waals surface area contributed by atoms with Crippen molar-refractivity contribution in [1.29, 1.82) is 0 Å². The lowest BCUT2D eigenvalue weighted by atomic mass is 9.95. The van der Waals surface area contributed by atoms with Gasteiger partial charge in [0.15, 0.2) is 6.04 Å². The summed E-state index contributed by atoms with van der Waals surface area (Å²) >= 11 is 0. The smallest absolute Gasteiger partial charge is 0.409 e. The van der Waals surface area contributed by atoms with Crippen LogP contribution in [0.1, 0.15) is 45.7 Å². The minimum Gasteiger partial charge on any atom is -0.493 e.